The maximum absolute atomic E-state index is 12.1. The van der Waals surface area contributed by atoms with Crippen molar-refractivity contribution in [3.8, 4) is 0 Å². The van der Waals surface area contributed by atoms with Crippen LogP contribution in [0.2, 0.25) is 10.0 Å². The van der Waals surface area contributed by atoms with Crippen LogP contribution in [0.1, 0.15) is 16.2 Å². The van der Waals surface area contributed by atoms with Gasteiger partial charge in [-0.05, 0) is 43.3 Å². The van der Waals surface area contributed by atoms with Gasteiger partial charge in [-0.15, -0.1) is 0 Å². The van der Waals surface area contributed by atoms with E-state index in [0.717, 1.165) is 10.5 Å². The number of carbonyl (C=O) groups is 1. The number of hydrogen-bond donors (Lipinski definition) is 2. The van der Waals surface area contributed by atoms with E-state index >= 15 is 0 Å². The lowest BCUT2D eigenvalue weighted by Crippen LogP contribution is -2.21. The zero-order valence-electron chi connectivity index (χ0n) is 16.9. The first kappa shape index (κ1) is 21.3. The first-order chi connectivity index (χ1) is 14.8. The summed E-state index contributed by atoms with van der Waals surface area (Å²) in [6.07, 6.45) is 0. The molecule has 4 aromatic rings. The summed E-state index contributed by atoms with van der Waals surface area (Å²) >= 11 is 13.9. The molecule has 7 nitrogen and oxygen atoms in total. The number of nitrogens with one attached hydrogen (secondary N) is 2. The van der Waals surface area contributed by atoms with Gasteiger partial charge in [-0.25, -0.2) is 15.0 Å². The molecule has 0 atom stereocenters. The maximum Gasteiger partial charge on any atom is 0.253 e. The van der Waals surface area contributed by atoms with Crippen LogP contribution in [0.4, 0.5) is 22.3 Å². The molecule has 31 heavy (non-hydrogen) atoms. The zero-order valence-corrected chi connectivity index (χ0v) is 19.2. The highest BCUT2D eigenvalue weighted by Crippen LogP contribution is 2.36. The molecule has 2 aromatic carbocycles. The maximum atomic E-state index is 12.1. The van der Waals surface area contributed by atoms with Crippen molar-refractivity contribution in [2.75, 3.05) is 24.7 Å². The number of fused-ring (bicyclic) bond motifs is 1. The van der Waals surface area contributed by atoms with E-state index < -0.39 is 0 Å². The van der Waals surface area contributed by atoms with E-state index in [1.165, 1.54) is 16.2 Å². The third kappa shape index (κ3) is 4.56. The van der Waals surface area contributed by atoms with Gasteiger partial charge in [-0.2, -0.15) is 0 Å². The smallest absolute Gasteiger partial charge is 0.253 e. The summed E-state index contributed by atoms with van der Waals surface area (Å²) in [5.41, 5.74) is 2.60. The Kier molecular flexibility index (Phi) is 5.95. The van der Waals surface area contributed by atoms with Crippen LogP contribution in [-0.4, -0.2) is 39.9 Å². The van der Waals surface area contributed by atoms with Gasteiger partial charge in [0, 0.05) is 25.3 Å². The summed E-state index contributed by atoms with van der Waals surface area (Å²) < 4.78 is 0. The number of carbonyl (C=O) groups excluding carboxylic acids is 1. The molecule has 0 bridgehead atoms. The van der Waals surface area contributed by atoms with E-state index in [2.05, 4.69) is 25.6 Å². The summed E-state index contributed by atoms with van der Waals surface area (Å²) in [6.45, 7) is 1.82. The Morgan fingerprint density at radius 2 is 1.65 bits per heavy atom. The van der Waals surface area contributed by atoms with Gasteiger partial charge in [0.2, 0.25) is 0 Å². The first-order valence-electron chi connectivity index (χ1n) is 9.27. The highest BCUT2D eigenvalue weighted by Gasteiger charge is 2.15. The third-order valence-electron chi connectivity index (χ3n) is 4.37. The highest BCUT2D eigenvalue weighted by atomic mass is 35.5. The highest BCUT2D eigenvalue weighted by molar-refractivity contribution is 7.21. The van der Waals surface area contributed by atoms with Crippen molar-refractivity contribution in [2.24, 2.45) is 0 Å². The van der Waals surface area contributed by atoms with Gasteiger partial charge in [0.25, 0.3) is 5.91 Å². The quantitative estimate of drug-likeness (QED) is 0.376. The molecule has 0 radical (unpaired) electrons. The van der Waals surface area contributed by atoms with E-state index in [1.54, 1.807) is 44.4 Å². The SMILES string of the molecule is Cc1nc(Nc2ccc(C(=O)N(C)C)cc2)c2nc(Nc3c(Cl)cccc3Cl)sc2n1. The van der Waals surface area contributed by atoms with E-state index in [-0.39, 0.29) is 5.91 Å². The Hall–Kier alpha value is -2.94. The molecule has 2 aromatic heterocycles. The fourth-order valence-electron chi connectivity index (χ4n) is 2.88. The standard InChI is InChI=1S/C21H18Cl2N6OS/c1-11-24-18(26-13-9-7-12(8-10-13)20(30)29(2)3)17-19(25-11)31-21(28-17)27-16-14(22)5-4-6-15(16)23/h4-10H,1-3H3,(H,27,28)(H,24,25,26). The van der Waals surface area contributed by atoms with E-state index in [9.17, 15) is 4.79 Å². The van der Waals surface area contributed by atoms with Crippen LogP contribution in [0.5, 0.6) is 0 Å². The molecule has 4 rings (SSSR count). The number of nitrogens with zero attached hydrogens (tertiary/aromatic N) is 4. The molecule has 0 unspecified atom stereocenters. The number of hydrogen-bond acceptors (Lipinski definition) is 7. The average molecular weight is 473 g/mol. The summed E-state index contributed by atoms with van der Waals surface area (Å²) in [6, 6.07) is 12.5. The predicted molar refractivity (Wildman–Crippen MR) is 127 cm³/mol. The lowest BCUT2D eigenvalue weighted by Gasteiger charge is -2.11. The van der Waals surface area contributed by atoms with Crippen molar-refractivity contribution in [1.29, 1.82) is 0 Å². The number of aromatic nitrogens is 3. The Bertz CT molecular complexity index is 1250. The minimum Gasteiger partial charge on any atom is -0.345 e. The van der Waals surface area contributed by atoms with Crippen LogP contribution in [0.15, 0.2) is 42.5 Å². The molecule has 0 aliphatic heterocycles. The normalized spacial score (nSPS) is 10.9. The lowest BCUT2D eigenvalue weighted by molar-refractivity contribution is 0.0827. The van der Waals surface area contributed by atoms with Gasteiger partial charge in [0.15, 0.2) is 15.8 Å². The van der Waals surface area contributed by atoms with Crippen LogP contribution in [0.3, 0.4) is 0 Å². The van der Waals surface area contributed by atoms with Crippen LogP contribution in [0.25, 0.3) is 10.3 Å². The lowest BCUT2D eigenvalue weighted by atomic mass is 10.2. The summed E-state index contributed by atoms with van der Waals surface area (Å²) in [7, 11) is 3.44. The fraction of sp³-hybridized carbons (Fsp3) is 0.143. The van der Waals surface area contributed by atoms with Gasteiger partial charge in [0.05, 0.1) is 15.7 Å². The number of aryl methyl sites for hydroxylation is 1. The molecule has 2 N–H and O–H groups in total. The van der Waals surface area contributed by atoms with Gasteiger partial charge < -0.3 is 15.5 Å². The monoisotopic (exact) mass is 472 g/mol. The number of rotatable bonds is 5. The Morgan fingerprint density at radius 1 is 0.968 bits per heavy atom. The zero-order chi connectivity index (χ0) is 22.1. The minimum absolute atomic E-state index is 0.0553. The van der Waals surface area contributed by atoms with Crippen molar-refractivity contribution in [3.05, 3.63) is 63.9 Å². The minimum atomic E-state index is -0.0553. The number of halogens is 2. The van der Waals surface area contributed by atoms with Crippen LogP contribution >= 0.6 is 34.5 Å². The molecule has 0 aliphatic rings. The molecule has 0 spiro atoms. The molecular formula is C21H18Cl2N6OS. The molecule has 0 saturated heterocycles. The van der Waals surface area contributed by atoms with Gasteiger partial charge >= 0.3 is 0 Å². The number of amides is 1. The first-order valence-corrected chi connectivity index (χ1v) is 10.8. The summed E-state index contributed by atoms with van der Waals surface area (Å²) in [4.78, 5) is 28.0. The number of benzene rings is 2. The van der Waals surface area contributed by atoms with E-state index in [0.29, 0.717) is 43.6 Å². The predicted octanol–water partition coefficient (Wildman–Crippen LogP) is 5.89. The topological polar surface area (TPSA) is 83.0 Å². The molecule has 0 fully saturated rings. The molecular weight excluding hydrogens is 455 g/mol. The largest absolute Gasteiger partial charge is 0.345 e. The molecule has 158 valence electrons. The third-order valence-corrected chi connectivity index (χ3v) is 5.86. The molecule has 2 heterocycles. The van der Waals surface area contributed by atoms with Crippen molar-refractivity contribution >= 4 is 73.1 Å². The Balaban J connectivity index is 1.65. The second-order valence-electron chi connectivity index (χ2n) is 6.92. The van der Waals surface area contributed by atoms with Crippen LogP contribution < -0.4 is 10.6 Å². The fourth-order valence-corrected chi connectivity index (χ4v) is 4.27. The second kappa shape index (κ2) is 8.66. The van der Waals surface area contributed by atoms with E-state index in [4.69, 9.17) is 23.2 Å². The average Bonchev–Trinajstić information content (AvgIpc) is 3.13. The van der Waals surface area contributed by atoms with Crippen LogP contribution in [-0.2, 0) is 0 Å². The number of anilines is 4. The van der Waals surface area contributed by atoms with Crippen LogP contribution in [0, 0.1) is 6.92 Å². The Morgan fingerprint density at radius 3 is 2.29 bits per heavy atom. The molecule has 0 aliphatic carbocycles. The number of thiazole rings is 1. The summed E-state index contributed by atoms with van der Waals surface area (Å²) in [5, 5.41) is 8.04. The van der Waals surface area contributed by atoms with Gasteiger partial charge in [0.1, 0.15) is 11.3 Å². The van der Waals surface area contributed by atoms with Gasteiger partial charge in [-0.3, -0.25) is 4.79 Å². The van der Waals surface area contributed by atoms with Crippen molar-refractivity contribution in [2.45, 2.75) is 6.92 Å². The van der Waals surface area contributed by atoms with E-state index in [1.807, 2.05) is 19.1 Å². The second-order valence-corrected chi connectivity index (χ2v) is 8.71. The molecule has 0 saturated carbocycles. The number of para-hydroxylation sites is 1. The Labute approximate surface area is 193 Å². The summed E-state index contributed by atoms with van der Waals surface area (Å²) in [5.74, 6) is 1.13. The molecule has 10 heteroatoms. The van der Waals surface area contributed by atoms with Gasteiger partial charge in [-0.1, -0.05) is 40.6 Å². The molecule has 1 amide bonds. The van der Waals surface area contributed by atoms with Crippen molar-refractivity contribution < 1.29 is 4.79 Å². The van der Waals surface area contributed by atoms with Crippen molar-refractivity contribution in [1.82, 2.24) is 19.9 Å². The van der Waals surface area contributed by atoms with Crippen molar-refractivity contribution in [3.63, 3.8) is 0 Å².